The molecule has 1 saturated carbocycles. The molecule has 1 N–H and O–H groups in total. The van der Waals surface area contributed by atoms with Gasteiger partial charge in [0.25, 0.3) is 0 Å². The summed E-state index contributed by atoms with van der Waals surface area (Å²) in [7, 11) is -3.40. The number of rotatable bonds is 5. The maximum Gasteiger partial charge on any atom is 0.215 e. The first-order valence-corrected chi connectivity index (χ1v) is 8.24. The molecule has 2 atom stereocenters. The Bertz CT molecular complexity index is 734. The van der Waals surface area contributed by atoms with Crippen molar-refractivity contribution in [2.24, 2.45) is 0 Å². The molecule has 1 fully saturated rings. The molecule has 3 rings (SSSR count). The highest BCUT2D eigenvalue weighted by molar-refractivity contribution is 7.90. The van der Waals surface area contributed by atoms with Crippen LogP contribution in [-0.4, -0.2) is 18.7 Å². The van der Waals surface area contributed by atoms with Crippen molar-refractivity contribution in [2.75, 3.05) is 0 Å². The number of hydrogen-bond donors (Lipinski definition) is 1. The van der Waals surface area contributed by atoms with Crippen LogP contribution in [0.25, 0.3) is 0 Å². The Labute approximate surface area is 123 Å². The molecular formula is C15H15FN2O2S. The highest BCUT2D eigenvalue weighted by atomic mass is 32.2. The van der Waals surface area contributed by atoms with Gasteiger partial charge in [0.2, 0.25) is 10.0 Å². The molecular weight excluding hydrogens is 291 g/mol. The zero-order valence-corrected chi connectivity index (χ0v) is 12.1. The molecule has 0 radical (unpaired) electrons. The van der Waals surface area contributed by atoms with Crippen LogP contribution in [0.15, 0.2) is 48.8 Å². The normalized spacial score (nSPS) is 21.2. The van der Waals surface area contributed by atoms with E-state index in [0.717, 1.165) is 11.8 Å². The van der Waals surface area contributed by atoms with Gasteiger partial charge in [-0.1, -0.05) is 30.3 Å². The number of benzene rings is 1. The molecule has 2 unspecified atom stereocenters. The first-order chi connectivity index (χ1) is 10.1. The Balaban J connectivity index is 1.64. The van der Waals surface area contributed by atoms with Crippen LogP contribution in [0.2, 0.25) is 0 Å². The minimum atomic E-state index is -3.40. The average molecular weight is 306 g/mol. The Morgan fingerprint density at radius 2 is 2.00 bits per heavy atom. The van der Waals surface area contributed by atoms with E-state index in [9.17, 15) is 12.8 Å². The van der Waals surface area contributed by atoms with Crippen molar-refractivity contribution in [3.8, 4) is 0 Å². The zero-order valence-electron chi connectivity index (χ0n) is 11.2. The second-order valence-electron chi connectivity index (χ2n) is 5.17. The molecule has 0 saturated heterocycles. The summed E-state index contributed by atoms with van der Waals surface area (Å²) in [4.78, 5) is 3.70. The number of hydrogen-bond acceptors (Lipinski definition) is 3. The summed E-state index contributed by atoms with van der Waals surface area (Å²) in [6, 6.07) is 10.9. The molecule has 1 aliphatic carbocycles. The van der Waals surface area contributed by atoms with Gasteiger partial charge in [0.05, 0.1) is 11.4 Å². The molecule has 0 amide bonds. The van der Waals surface area contributed by atoms with Gasteiger partial charge < -0.3 is 0 Å². The largest absolute Gasteiger partial charge is 0.261 e. The number of halogens is 1. The summed E-state index contributed by atoms with van der Waals surface area (Å²) in [6.45, 7) is 0.0606. The second kappa shape index (κ2) is 5.54. The van der Waals surface area contributed by atoms with Gasteiger partial charge in [0, 0.05) is 18.7 Å². The highest BCUT2D eigenvalue weighted by Crippen LogP contribution is 2.45. The minimum absolute atomic E-state index is 0.0503. The van der Waals surface area contributed by atoms with Gasteiger partial charge in [0.15, 0.2) is 0 Å². The average Bonchev–Trinajstić information content (AvgIpc) is 3.28. The lowest BCUT2D eigenvalue weighted by Crippen LogP contribution is -2.27. The molecule has 0 bridgehead atoms. The molecule has 1 aliphatic rings. The number of nitrogens with zero attached hydrogens (tertiary/aromatic N) is 1. The summed E-state index contributed by atoms with van der Waals surface area (Å²) >= 11 is 0. The monoisotopic (exact) mass is 306 g/mol. The van der Waals surface area contributed by atoms with E-state index in [1.165, 1.54) is 12.3 Å². The van der Waals surface area contributed by atoms with E-state index in [0.29, 0.717) is 12.0 Å². The van der Waals surface area contributed by atoms with Crippen LogP contribution in [0.5, 0.6) is 0 Å². The first-order valence-electron chi connectivity index (χ1n) is 6.69. The lowest BCUT2D eigenvalue weighted by molar-refractivity contribution is 0.577. The van der Waals surface area contributed by atoms with Crippen molar-refractivity contribution in [3.05, 3.63) is 65.7 Å². The molecule has 0 spiro atoms. The van der Waals surface area contributed by atoms with Crippen LogP contribution < -0.4 is 4.72 Å². The Morgan fingerprint density at radius 1 is 1.24 bits per heavy atom. The Hall–Kier alpha value is -1.79. The third-order valence-electron chi connectivity index (χ3n) is 3.60. The van der Waals surface area contributed by atoms with Gasteiger partial charge in [-0.15, -0.1) is 0 Å². The molecule has 2 aromatic rings. The van der Waals surface area contributed by atoms with Crippen LogP contribution in [0.3, 0.4) is 0 Å². The van der Waals surface area contributed by atoms with E-state index in [4.69, 9.17) is 0 Å². The van der Waals surface area contributed by atoms with Crippen molar-refractivity contribution >= 4 is 10.0 Å². The van der Waals surface area contributed by atoms with Crippen molar-refractivity contribution in [1.29, 1.82) is 0 Å². The van der Waals surface area contributed by atoms with Crippen molar-refractivity contribution < 1.29 is 12.8 Å². The van der Waals surface area contributed by atoms with E-state index < -0.39 is 21.1 Å². The van der Waals surface area contributed by atoms with Crippen molar-refractivity contribution in [2.45, 2.75) is 24.1 Å². The lowest BCUT2D eigenvalue weighted by atomic mass is 10.1. The predicted octanol–water partition coefficient (Wildman–Crippen LogP) is 2.20. The van der Waals surface area contributed by atoms with Gasteiger partial charge in [0.1, 0.15) is 5.82 Å². The Kier molecular flexibility index (Phi) is 3.73. The molecule has 1 aromatic carbocycles. The smallest absolute Gasteiger partial charge is 0.215 e. The van der Waals surface area contributed by atoms with Crippen LogP contribution in [-0.2, 0) is 16.6 Å². The maximum atomic E-state index is 13.0. The number of nitrogens with one attached hydrogen (secondary N) is 1. The molecule has 1 heterocycles. The van der Waals surface area contributed by atoms with Crippen molar-refractivity contribution in [1.82, 2.24) is 9.71 Å². The van der Waals surface area contributed by atoms with E-state index in [1.54, 1.807) is 0 Å². The van der Waals surface area contributed by atoms with Gasteiger partial charge in [-0.2, -0.15) is 0 Å². The molecule has 21 heavy (non-hydrogen) atoms. The number of pyridine rings is 1. The maximum absolute atomic E-state index is 13.0. The summed E-state index contributed by atoms with van der Waals surface area (Å²) in [5.41, 5.74) is 1.55. The second-order valence-corrected chi connectivity index (χ2v) is 7.15. The van der Waals surface area contributed by atoms with Crippen LogP contribution in [0.4, 0.5) is 4.39 Å². The van der Waals surface area contributed by atoms with E-state index >= 15 is 0 Å². The van der Waals surface area contributed by atoms with E-state index in [-0.39, 0.29) is 12.5 Å². The molecule has 1 aromatic heterocycles. The summed E-state index contributed by atoms with van der Waals surface area (Å²) in [5, 5.41) is -0.401. The summed E-state index contributed by atoms with van der Waals surface area (Å²) < 4.78 is 40.0. The van der Waals surface area contributed by atoms with E-state index in [2.05, 4.69) is 9.71 Å². The topological polar surface area (TPSA) is 59.1 Å². The fraction of sp³-hybridized carbons (Fsp3) is 0.267. The predicted molar refractivity (Wildman–Crippen MR) is 77.5 cm³/mol. The van der Waals surface area contributed by atoms with Gasteiger partial charge in [-0.05, 0) is 23.6 Å². The van der Waals surface area contributed by atoms with Crippen LogP contribution >= 0.6 is 0 Å². The Morgan fingerprint density at radius 3 is 2.71 bits per heavy atom. The SMILES string of the molecule is O=S(=O)(NCc1cncc(F)c1)C1CC1c1ccccc1. The standard InChI is InChI=1S/C15H15FN2O2S/c16-13-6-11(8-17-10-13)9-18-21(19,20)15-7-14(15)12-4-2-1-3-5-12/h1-6,8,10,14-15,18H,7,9H2. The molecule has 0 aliphatic heterocycles. The van der Waals surface area contributed by atoms with Crippen LogP contribution in [0.1, 0.15) is 23.5 Å². The zero-order chi connectivity index (χ0) is 14.9. The fourth-order valence-corrected chi connectivity index (χ4v) is 4.04. The molecule has 110 valence electrons. The molecule has 6 heteroatoms. The number of sulfonamides is 1. The lowest BCUT2D eigenvalue weighted by Gasteiger charge is -2.06. The van der Waals surface area contributed by atoms with E-state index in [1.807, 2.05) is 30.3 Å². The fourth-order valence-electron chi connectivity index (χ4n) is 2.41. The minimum Gasteiger partial charge on any atom is -0.261 e. The number of aromatic nitrogens is 1. The third-order valence-corrected chi connectivity index (χ3v) is 5.46. The quantitative estimate of drug-likeness (QED) is 0.921. The third kappa shape index (κ3) is 3.28. The van der Waals surface area contributed by atoms with Gasteiger partial charge in [-0.3, -0.25) is 4.98 Å². The highest BCUT2D eigenvalue weighted by Gasteiger charge is 2.47. The van der Waals surface area contributed by atoms with Gasteiger partial charge in [-0.25, -0.2) is 17.5 Å². The van der Waals surface area contributed by atoms with Crippen molar-refractivity contribution in [3.63, 3.8) is 0 Å². The summed E-state index contributed by atoms with van der Waals surface area (Å²) in [5.74, 6) is -0.422. The summed E-state index contributed by atoms with van der Waals surface area (Å²) in [6.07, 6.45) is 3.16. The first kappa shape index (κ1) is 14.2. The molecule has 4 nitrogen and oxygen atoms in total. The van der Waals surface area contributed by atoms with Gasteiger partial charge >= 0.3 is 0 Å². The van der Waals surface area contributed by atoms with Crippen LogP contribution in [0, 0.1) is 5.82 Å².